The van der Waals surface area contributed by atoms with Crippen LogP contribution in [0.15, 0.2) is 0 Å². The molecule has 1 heterocycles. The lowest BCUT2D eigenvalue weighted by Crippen LogP contribution is -2.51. The van der Waals surface area contributed by atoms with E-state index in [1.807, 2.05) is 13.8 Å². The van der Waals surface area contributed by atoms with Crippen LogP contribution >= 0.6 is 0 Å². The van der Waals surface area contributed by atoms with Crippen molar-refractivity contribution in [1.82, 2.24) is 0 Å². The smallest absolute Gasteiger partial charge is 0.109 e. The Kier molecular flexibility index (Phi) is 3.67. The zero-order valence-corrected chi connectivity index (χ0v) is 8.05. The molecule has 4 heteroatoms. The minimum atomic E-state index is -0.958. The molecule has 0 aromatic carbocycles. The van der Waals surface area contributed by atoms with Crippen LogP contribution in [0.4, 0.5) is 0 Å². The Balaban J connectivity index is 2.58. The minimum absolute atomic E-state index is 0.0736. The molecule has 0 saturated carbocycles. The van der Waals surface area contributed by atoms with Crippen molar-refractivity contribution in [2.24, 2.45) is 5.92 Å². The molecule has 0 amide bonds. The van der Waals surface area contributed by atoms with Gasteiger partial charge in [-0.2, -0.15) is 0 Å². The fourth-order valence-electron chi connectivity index (χ4n) is 1.57. The predicted octanol–water partition coefficient (Wildman–Crippen LogP) is -0.486. The molecule has 0 aromatic rings. The first-order valence-electron chi connectivity index (χ1n) is 4.68. The van der Waals surface area contributed by atoms with Crippen LogP contribution in [0.1, 0.15) is 20.3 Å². The maximum Gasteiger partial charge on any atom is 0.109 e. The summed E-state index contributed by atoms with van der Waals surface area (Å²) in [7, 11) is 0. The van der Waals surface area contributed by atoms with Crippen LogP contribution in [0.3, 0.4) is 0 Å². The molecule has 1 aliphatic rings. The maximum absolute atomic E-state index is 9.46. The summed E-state index contributed by atoms with van der Waals surface area (Å²) >= 11 is 0. The molecular weight excluding hydrogens is 172 g/mol. The Morgan fingerprint density at radius 2 is 2.00 bits per heavy atom. The minimum Gasteiger partial charge on any atom is -0.394 e. The van der Waals surface area contributed by atoms with E-state index in [1.165, 1.54) is 0 Å². The van der Waals surface area contributed by atoms with Crippen molar-refractivity contribution in [1.29, 1.82) is 0 Å². The van der Waals surface area contributed by atoms with Crippen LogP contribution in [-0.4, -0.2) is 46.3 Å². The largest absolute Gasteiger partial charge is 0.394 e. The van der Waals surface area contributed by atoms with E-state index in [-0.39, 0.29) is 18.6 Å². The van der Waals surface area contributed by atoms with Crippen LogP contribution in [0.25, 0.3) is 0 Å². The number of hydrogen-bond donors (Lipinski definition) is 3. The fourth-order valence-corrected chi connectivity index (χ4v) is 1.57. The summed E-state index contributed by atoms with van der Waals surface area (Å²) in [4.78, 5) is 0. The lowest BCUT2D eigenvalue weighted by Gasteiger charge is -2.38. The molecule has 1 fully saturated rings. The molecule has 1 rings (SSSR count). The highest BCUT2D eigenvalue weighted by atomic mass is 16.5. The number of aliphatic hydroxyl groups is 3. The SMILES string of the molecule is CC(C)[C@H]1C[C@@H](O)[C@H](O)C(CO)O1. The van der Waals surface area contributed by atoms with Gasteiger partial charge in [0, 0.05) is 6.42 Å². The van der Waals surface area contributed by atoms with Crippen molar-refractivity contribution in [3.8, 4) is 0 Å². The van der Waals surface area contributed by atoms with Gasteiger partial charge < -0.3 is 20.1 Å². The number of ether oxygens (including phenoxy) is 1. The average molecular weight is 190 g/mol. The van der Waals surface area contributed by atoms with Crippen molar-refractivity contribution in [3.63, 3.8) is 0 Å². The highest BCUT2D eigenvalue weighted by Crippen LogP contribution is 2.24. The molecule has 4 nitrogen and oxygen atoms in total. The van der Waals surface area contributed by atoms with Crippen LogP contribution in [0.5, 0.6) is 0 Å². The van der Waals surface area contributed by atoms with E-state index in [1.54, 1.807) is 0 Å². The van der Waals surface area contributed by atoms with Gasteiger partial charge >= 0.3 is 0 Å². The average Bonchev–Trinajstić information content (AvgIpc) is 2.09. The third kappa shape index (κ3) is 2.40. The standard InChI is InChI=1S/C9H18O4/c1-5(2)7-3-6(11)9(12)8(4-10)13-7/h5-12H,3-4H2,1-2H3/t6-,7-,8?,9+/m1/s1. The second kappa shape index (κ2) is 4.37. The van der Waals surface area contributed by atoms with Gasteiger partial charge in [-0.3, -0.25) is 0 Å². The summed E-state index contributed by atoms with van der Waals surface area (Å²) in [6.07, 6.45) is -2.01. The quantitative estimate of drug-likeness (QED) is 0.550. The van der Waals surface area contributed by atoms with Gasteiger partial charge in [0.25, 0.3) is 0 Å². The van der Waals surface area contributed by atoms with Crippen LogP contribution in [0.2, 0.25) is 0 Å². The number of hydrogen-bond acceptors (Lipinski definition) is 4. The van der Waals surface area contributed by atoms with Gasteiger partial charge in [-0.1, -0.05) is 13.8 Å². The van der Waals surface area contributed by atoms with Gasteiger partial charge in [0.05, 0.1) is 18.8 Å². The van der Waals surface area contributed by atoms with E-state index in [2.05, 4.69) is 0 Å². The van der Waals surface area contributed by atoms with Crippen LogP contribution < -0.4 is 0 Å². The molecule has 0 spiro atoms. The van der Waals surface area contributed by atoms with Gasteiger partial charge in [0.15, 0.2) is 0 Å². The molecule has 0 aromatic heterocycles. The Labute approximate surface area is 78.1 Å². The first-order valence-corrected chi connectivity index (χ1v) is 4.68. The molecule has 1 saturated heterocycles. The maximum atomic E-state index is 9.46. The number of rotatable bonds is 2. The molecule has 13 heavy (non-hydrogen) atoms. The zero-order valence-electron chi connectivity index (χ0n) is 8.05. The fraction of sp³-hybridized carbons (Fsp3) is 1.00. The van der Waals surface area contributed by atoms with E-state index in [0.717, 1.165) is 0 Å². The van der Waals surface area contributed by atoms with E-state index in [9.17, 15) is 10.2 Å². The molecule has 1 unspecified atom stereocenters. The molecule has 0 bridgehead atoms. The Morgan fingerprint density at radius 1 is 1.38 bits per heavy atom. The second-order valence-electron chi connectivity index (χ2n) is 3.93. The number of aliphatic hydroxyl groups excluding tert-OH is 3. The molecule has 0 radical (unpaired) electrons. The third-order valence-corrected chi connectivity index (χ3v) is 2.52. The summed E-state index contributed by atoms with van der Waals surface area (Å²) < 4.78 is 5.42. The summed E-state index contributed by atoms with van der Waals surface area (Å²) in [5.41, 5.74) is 0. The van der Waals surface area contributed by atoms with Crippen molar-refractivity contribution >= 4 is 0 Å². The normalized spacial score (nSPS) is 41.1. The zero-order chi connectivity index (χ0) is 10.0. The van der Waals surface area contributed by atoms with Crippen molar-refractivity contribution < 1.29 is 20.1 Å². The second-order valence-corrected chi connectivity index (χ2v) is 3.93. The first-order chi connectivity index (χ1) is 6.06. The van der Waals surface area contributed by atoms with Gasteiger partial charge in [0.1, 0.15) is 12.2 Å². The topological polar surface area (TPSA) is 69.9 Å². The monoisotopic (exact) mass is 190 g/mol. The van der Waals surface area contributed by atoms with Crippen LogP contribution in [-0.2, 0) is 4.74 Å². The van der Waals surface area contributed by atoms with Crippen molar-refractivity contribution in [2.75, 3.05) is 6.61 Å². The molecule has 1 aliphatic heterocycles. The van der Waals surface area contributed by atoms with Gasteiger partial charge in [-0.25, -0.2) is 0 Å². The Hall–Kier alpha value is -0.160. The van der Waals surface area contributed by atoms with Gasteiger partial charge in [-0.05, 0) is 5.92 Å². The molecule has 0 aliphatic carbocycles. The van der Waals surface area contributed by atoms with Gasteiger partial charge in [0.2, 0.25) is 0 Å². The summed E-state index contributed by atoms with van der Waals surface area (Å²) in [5.74, 6) is 0.288. The van der Waals surface area contributed by atoms with E-state index in [4.69, 9.17) is 9.84 Å². The highest BCUT2D eigenvalue weighted by Gasteiger charge is 2.37. The van der Waals surface area contributed by atoms with Gasteiger partial charge in [-0.15, -0.1) is 0 Å². The summed E-state index contributed by atoms with van der Waals surface area (Å²) in [5, 5.41) is 27.7. The lowest BCUT2D eigenvalue weighted by molar-refractivity contribution is -0.189. The molecule has 3 N–H and O–H groups in total. The Morgan fingerprint density at radius 3 is 2.46 bits per heavy atom. The lowest BCUT2D eigenvalue weighted by atomic mass is 9.92. The molecule has 4 atom stereocenters. The highest BCUT2D eigenvalue weighted by molar-refractivity contribution is 4.85. The summed E-state index contributed by atoms with van der Waals surface area (Å²) in [6.45, 7) is 3.73. The van der Waals surface area contributed by atoms with Crippen molar-refractivity contribution in [3.05, 3.63) is 0 Å². The Bertz CT molecular complexity index is 160. The van der Waals surface area contributed by atoms with E-state index in [0.29, 0.717) is 6.42 Å². The molecule has 78 valence electrons. The van der Waals surface area contributed by atoms with Crippen molar-refractivity contribution in [2.45, 2.75) is 44.7 Å². The predicted molar refractivity (Wildman–Crippen MR) is 47.2 cm³/mol. The third-order valence-electron chi connectivity index (χ3n) is 2.52. The summed E-state index contributed by atoms with van der Waals surface area (Å²) in [6, 6.07) is 0. The molecular formula is C9H18O4. The van der Waals surface area contributed by atoms with E-state index < -0.39 is 18.3 Å². The first kappa shape index (κ1) is 10.9. The van der Waals surface area contributed by atoms with E-state index >= 15 is 0 Å². The van der Waals surface area contributed by atoms with Crippen LogP contribution in [0, 0.1) is 5.92 Å².